The van der Waals surface area contributed by atoms with E-state index in [1.165, 1.54) is 16.7 Å². The van der Waals surface area contributed by atoms with E-state index in [4.69, 9.17) is 0 Å². The molecule has 0 unspecified atom stereocenters. The summed E-state index contributed by atoms with van der Waals surface area (Å²) in [4.78, 5) is 17.3. The van der Waals surface area contributed by atoms with Gasteiger partial charge >= 0.3 is 0 Å². The molecule has 2 aliphatic rings. The fourth-order valence-electron chi connectivity index (χ4n) is 5.59. The van der Waals surface area contributed by atoms with Gasteiger partial charge in [-0.2, -0.15) is 0 Å². The quantitative estimate of drug-likeness (QED) is 0.663. The predicted molar refractivity (Wildman–Crippen MR) is 119 cm³/mol. The van der Waals surface area contributed by atoms with Crippen LogP contribution in [0.4, 0.5) is 4.39 Å². The highest BCUT2D eigenvalue weighted by molar-refractivity contribution is 5.77. The van der Waals surface area contributed by atoms with Crippen LogP contribution in [0.5, 0.6) is 0 Å². The average Bonchev–Trinajstić information content (AvgIpc) is 3.06. The zero-order valence-electron chi connectivity index (χ0n) is 18.2. The lowest BCUT2D eigenvalue weighted by molar-refractivity contribution is -0.131. The van der Waals surface area contributed by atoms with Crippen molar-refractivity contribution in [1.82, 2.24) is 9.80 Å². The molecule has 1 saturated heterocycles. The first-order chi connectivity index (χ1) is 14.5. The molecule has 2 aromatic rings. The summed E-state index contributed by atoms with van der Waals surface area (Å²) < 4.78 is 13.2. The zero-order valence-corrected chi connectivity index (χ0v) is 18.2. The van der Waals surface area contributed by atoms with Crippen molar-refractivity contribution in [2.24, 2.45) is 0 Å². The highest BCUT2D eigenvalue weighted by atomic mass is 19.1. The van der Waals surface area contributed by atoms with Crippen molar-refractivity contribution in [2.75, 3.05) is 26.2 Å². The number of carbonyl (C=O) groups excluding carboxylic acids is 1. The number of hydrogen-bond acceptors (Lipinski definition) is 2. The second kappa shape index (κ2) is 8.89. The van der Waals surface area contributed by atoms with E-state index in [-0.39, 0.29) is 17.1 Å². The number of likely N-dealkylation sites (tertiary alicyclic amines) is 1. The maximum absolute atomic E-state index is 13.2. The largest absolute Gasteiger partial charge is 0.343 e. The van der Waals surface area contributed by atoms with Crippen LogP contribution in [0, 0.1) is 5.82 Å². The van der Waals surface area contributed by atoms with Crippen LogP contribution in [0.15, 0.2) is 48.5 Å². The summed E-state index contributed by atoms with van der Waals surface area (Å²) in [5.74, 6) is 0.438. The smallest absolute Gasteiger partial charge is 0.223 e. The molecule has 0 aromatic heterocycles. The van der Waals surface area contributed by atoms with E-state index in [0.29, 0.717) is 12.3 Å². The maximum Gasteiger partial charge on any atom is 0.223 e. The van der Waals surface area contributed by atoms with Gasteiger partial charge in [-0.3, -0.25) is 9.69 Å². The fraction of sp³-hybridized carbons (Fsp3) is 0.500. The molecule has 3 nitrogen and oxygen atoms in total. The van der Waals surface area contributed by atoms with Crippen LogP contribution in [0.1, 0.15) is 62.1 Å². The Kier molecular flexibility index (Phi) is 6.24. The highest BCUT2D eigenvalue weighted by Crippen LogP contribution is 2.52. The Hall–Kier alpha value is -2.20. The first-order valence-electron chi connectivity index (χ1n) is 11.4. The number of hydrogen-bond donors (Lipinski definition) is 0. The molecule has 160 valence electrons. The van der Waals surface area contributed by atoms with E-state index < -0.39 is 0 Å². The molecule has 1 spiro atoms. The molecule has 1 aliphatic carbocycles. The van der Waals surface area contributed by atoms with Gasteiger partial charge in [0.1, 0.15) is 5.82 Å². The van der Waals surface area contributed by atoms with Crippen LogP contribution in [0.2, 0.25) is 0 Å². The third-order valence-electron chi connectivity index (χ3n) is 7.28. The molecule has 1 amide bonds. The molecule has 0 saturated carbocycles. The Bertz CT molecular complexity index is 867. The van der Waals surface area contributed by atoms with Gasteiger partial charge in [0.05, 0.1) is 0 Å². The van der Waals surface area contributed by atoms with Crippen LogP contribution in [-0.2, 0) is 16.8 Å². The van der Waals surface area contributed by atoms with E-state index in [1.54, 1.807) is 12.1 Å². The number of piperidine rings is 1. The molecule has 4 rings (SSSR count). The van der Waals surface area contributed by atoms with Gasteiger partial charge in [0, 0.05) is 26.1 Å². The monoisotopic (exact) mass is 408 g/mol. The van der Waals surface area contributed by atoms with Crippen molar-refractivity contribution in [3.8, 4) is 0 Å². The highest BCUT2D eigenvalue weighted by Gasteiger charge is 2.45. The lowest BCUT2D eigenvalue weighted by atomic mass is 9.73. The fourth-order valence-corrected chi connectivity index (χ4v) is 5.59. The van der Waals surface area contributed by atoms with Crippen LogP contribution in [0.25, 0.3) is 0 Å². The molecule has 0 radical (unpaired) electrons. The van der Waals surface area contributed by atoms with Crippen LogP contribution in [0.3, 0.4) is 0 Å². The summed E-state index contributed by atoms with van der Waals surface area (Å²) in [6.45, 7) is 8.65. The number of rotatable bonds is 6. The molecular weight excluding hydrogens is 375 g/mol. The van der Waals surface area contributed by atoms with E-state index >= 15 is 0 Å². The summed E-state index contributed by atoms with van der Waals surface area (Å²) in [7, 11) is 0. The average molecular weight is 409 g/mol. The molecule has 30 heavy (non-hydrogen) atoms. The SMILES string of the molecule is CCN(CC)C(=O)C[C@H]1CC2(CCN(Cc3ccc(F)cc3)CC2)c2ccccc21. The van der Waals surface area contributed by atoms with Crippen LogP contribution < -0.4 is 0 Å². The van der Waals surface area contributed by atoms with Crippen molar-refractivity contribution >= 4 is 5.91 Å². The van der Waals surface area contributed by atoms with Gasteiger partial charge in [0.2, 0.25) is 5.91 Å². The Morgan fingerprint density at radius 3 is 2.40 bits per heavy atom. The second-order valence-corrected chi connectivity index (χ2v) is 8.94. The summed E-state index contributed by atoms with van der Waals surface area (Å²) in [5.41, 5.74) is 4.24. The van der Waals surface area contributed by atoms with Crippen molar-refractivity contribution in [3.05, 3.63) is 71.0 Å². The summed E-state index contributed by atoms with van der Waals surface area (Å²) in [6.07, 6.45) is 3.96. The summed E-state index contributed by atoms with van der Waals surface area (Å²) >= 11 is 0. The minimum Gasteiger partial charge on any atom is -0.343 e. The Morgan fingerprint density at radius 2 is 1.73 bits per heavy atom. The number of nitrogens with zero attached hydrogens (tertiary/aromatic N) is 2. The zero-order chi connectivity index (χ0) is 21.1. The van der Waals surface area contributed by atoms with E-state index in [9.17, 15) is 9.18 Å². The van der Waals surface area contributed by atoms with E-state index in [1.807, 2.05) is 17.0 Å². The molecule has 1 aliphatic heterocycles. The molecule has 4 heteroatoms. The van der Waals surface area contributed by atoms with Gasteiger partial charge in [0.25, 0.3) is 0 Å². The number of benzene rings is 2. The Morgan fingerprint density at radius 1 is 1.07 bits per heavy atom. The maximum atomic E-state index is 13.2. The summed E-state index contributed by atoms with van der Waals surface area (Å²) in [6, 6.07) is 15.7. The van der Waals surface area contributed by atoms with Gasteiger partial charge in [-0.15, -0.1) is 0 Å². The van der Waals surface area contributed by atoms with Crippen LogP contribution in [-0.4, -0.2) is 41.9 Å². The van der Waals surface area contributed by atoms with Gasteiger partial charge in [-0.05, 0) is 86.4 Å². The molecule has 1 fully saturated rings. The predicted octanol–water partition coefficient (Wildman–Crippen LogP) is 5.11. The molecule has 2 aromatic carbocycles. The van der Waals surface area contributed by atoms with Crippen molar-refractivity contribution < 1.29 is 9.18 Å². The number of amides is 1. The number of fused-ring (bicyclic) bond motifs is 2. The minimum atomic E-state index is -0.177. The molecule has 1 atom stereocenters. The third-order valence-corrected chi connectivity index (χ3v) is 7.28. The van der Waals surface area contributed by atoms with Gasteiger partial charge in [-0.1, -0.05) is 36.4 Å². The third kappa shape index (κ3) is 4.15. The topological polar surface area (TPSA) is 23.6 Å². The van der Waals surface area contributed by atoms with Gasteiger partial charge in [0.15, 0.2) is 0 Å². The molecule has 0 bridgehead atoms. The van der Waals surface area contributed by atoms with Crippen molar-refractivity contribution in [1.29, 1.82) is 0 Å². The molecule has 0 N–H and O–H groups in total. The lowest BCUT2D eigenvalue weighted by Crippen LogP contribution is -2.41. The molecule has 1 heterocycles. The van der Waals surface area contributed by atoms with Crippen molar-refractivity contribution in [3.63, 3.8) is 0 Å². The van der Waals surface area contributed by atoms with E-state index in [2.05, 4.69) is 43.0 Å². The minimum absolute atomic E-state index is 0.177. The van der Waals surface area contributed by atoms with Gasteiger partial charge in [-0.25, -0.2) is 4.39 Å². The first kappa shape index (κ1) is 21.0. The summed E-state index contributed by atoms with van der Waals surface area (Å²) in [5, 5.41) is 0. The molecular formula is C26H33FN2O. The van der Waals surface area contributed by atoms with Crippen molar-refractivity contribution in [2.45, 2.75) is 57.4 Å². The normalized spacial score (nSPS) is 20.3. The second-order valence-electron chi connectivity index (χ2n) is 8.94. The lowest BCUT2D eigenvalue weighted by Gasteiger charge is -2.40. The van der Waals surface area contributed by atoms with E-state index in [0.717, 1.165) is 52.0 Å². The van der Waals surface area contributed by atoms with Crippen LogP contribution >= 0.6 is 0 Å². The Balaban J connectivity index is 1.45. The number of carbonyl (C=O) groups is 1. The number of halogens is 1. The Labute approximate surface area is 179 Å². The first-order valence-corrected chi connectivity index (χ1v) is 11.4. The standard InChI is InChI=1S/C26H33FN2O/c1-3-29(4-2)25(30)17-21-18-26(24-8-6-5-7-23(21)24)13-15-28(16-14-26)19-20-9-11-22(27)12-10-20/h5-12,21H,3-4,13-19H2,1-2H3/t21-/m0/s1. The van der Waals surface area contributed by atoms with Gasteiger partial charge < -0.3 is 4.90 Å².